The Morgan fingerprint density at radius 3 is 2.75 bits per heavy atom. The van der Waals surface area contributed by atoms with Crippen molar-refractivity contribution in [3.8, 4) is 0 Å². The van der Waals surface area contributed by atoms with Gasteiger partial charge in [0.05, 0.1) is 5.02 Å². The molecule has 2 rings (SSSR count). The molecule has 0 saturated heterocycles. The number of hydrogen-bond donors (Lipinski definition) is 2. The first-order valence-electron chi connectivity index (χ1n) is 6.92. The zero-order valence-electron chi connectivity index (χ0n) is 11.6. The fourth-order valence-corrected chi connectivity index (χ4v) is 4.65. The molecule has 20 heavy (non-hydrogen) atoms. The molecule has 0 spiro atoms. The minimum Gasteiger partial charge on any atom is -0.330 e. The van der Waals surface area contributed by atoms with Gasteiger partial charge in [-0.15, -0.1) is 0 Å². The summed E-state index contributed by atoms with van der Waals surface area (Å²) in [7, 11) is -3.59. The average molecular weight is 317 g/mol. The number of halogens is 1. The van der Waals surface area contributed by atoms with Crippen LogP contribution >= 0.6 is 11.6 Å². The second-order valence-electron chi connectivity index (χ2n) is 5.44. The first-order chi connectivity index (χ1) is 9.44. The highest BCUT2D eigenvalue weighted by Gasteiger charge is 2.29. The molecule has 1 saturated carbocycles. The standard InChI is InChI=1S/C14H21ClN2O2S/c1-10-6-7-12(15)14(8-10)20(18,19)17-13-5-3-2-4-11(13)9-16/h6-8,11,13,17H,2-5,9,16H2,1H3. The highest BCUT2D eigenvalue weighted by molar-refractivity contribution is 7.89. The lowest BCUT2D eigenvalue weighted by Crippen LogP contribution is -2.44. The Morgan fingerprint density at radius 2 is 2.05 bits per heavy atom. The van der Waals surface area contributed by atoms with E-state index in [9.17, 15) is 8.42 Å². The Bertz CT molecular complexity index is 575. The van der Waals surface area contributed by atoms with Crippen LogP contribution in [0.15, 0.2) is 23.1 Å². The Kier molecular flexibility index (Phi) is 5.07. The maximum Gasteiger partial charge on any atom is 0.242 e. The maximum absolute atomic E-state index is 12.5. The van der Waals surface area contributed by atoms with Gasteiger partial charge < -0.3 is 5.73 Å². The van der Waals surface area contributed by atoms with Gasteiger partial charge in [0.25, 0.3) is 0 Å². The molecule has 0 aromatic heterocycles. The summed E-state index contributed by atoms with van der Waals surface area (Å²) in [6.07, 6.45) is 3.96. The van der Waals surface area contributed by atoms with Gasteiger partial charge in [0, 0.05) is 6.04 Å². The van der Waals surface area contributed by atoms with E-state index in [1.165, 1.54) is 0 Å². The topological polar surface area (TPSA) is 72.2 Å². The van der Waals surface area contributed by atoms with Crippen LogP contribution in [0.5, 0.6) is 0 Å². The Balaban J connectivity index is 2.24. The lowest BCUT2D eigenvalue weighted by molar-refractivity contribution is 0.296. The second kappa shape index (κ2) is 6.43. The maximum atomic E-state index is 12.5. The number of aryl methyl sites for hydroxylation is 1. The van der Waals surface area contributed by atoms with E-state index in [2.05, 4.69) is 4.72 Å². The van der Waals surface area contributed by atoms with Crippen LogP contribution in [0.3, 0.4) is 0 Å². The van der Waals surface area contributed by atoms with Crippen molar-refractivity contribution in [1.82, 2.24) is 4.72 Å². The van der Waals surface area contributed by atoms with E-state index >= 15 is 0 Å². The molecule has 1 aliphatic rings. The number of nitrogens with two attached hydrogens (primary N) is 1. The van der Waals surface area contributed by atoms with Crippen LogP contribution in [0, 0.1) is 12.8 Å². The van der Waals surface area contributed by atoms with E-state index in [0.29, 0.717) is 6.54 Å². The van der Waals surface area contributed by atoms with Gasteiger partial charge in [0.2, 0.25) is 10.0 Å². The Morgan fingerprint density at radius 1 is 1.35 bits per heavy atom. The van der Waals surface area contributed by atoms with Gasteiger partial charge in [-0.3, -0.25) is 0 Å². The van der Waals surface area contributed by atoms with Crippen LogP contribution in [-0.4, -0.2) is 21.0 Å². The number of nitrogens with one attached hydrogen (secondary N) is 1. The van der Waals surface area contributed by atoms with Crippen molar-refractivity contribution in [1.29, 1.82) is 0 Å². The average Bonchev–Trinajstić information content (AvgIpc) is 2.41. The van der Waals surface area contributed by atoms with Gasteiger partial charge in [0.1, 0.15) is 4.90 Å². The van der Waals surface area contributed by atoms with E-state index in [1.807, 2.05) is 6.92 Å². The van der Waals surface area contributed by atoms with Gasteiger partial charge in [-0.1, -0.05) is 30.5 Å². The van der Waals surface area contributed by atoms with Crippen molar-refractivity contribution in [3.63, 3.8) is 0 Å². The fourth-order valence-electron chi connectivity index (χ4n) is 2.72. The van der Waals surface area contributed by atoms with Crippen LogP contribution in [0.2, 0.25) is 5.02 Å². The molecule has 1 aromatic rings. The Hall–Kier alpha value is -0.620. The van der Waals surface area contributed by atoms with E-state index < -0.39 is 10.0 Å². The van der Waals surface area contributed by atoms with E-state index in [0.717, 1.165) is 31.2 Å². The molecule has 4 nitrogen and oxygen atoms in total. The third kappa shape index (κ3) is 3.52. The molecule has 1 aromatic carbocycles. The summed E-state index contributed by atoms with van der Waals surface area (Å²) in [4.78, 5) is 0.153. The summed E-state index contributed by atoms with van der Waals surface area (Å²) in [6.45, 7) is 2.35. The molecule has 2 unspecified atom stereocenters. The molecule has 2 atom stereocenters. The minimum absolute atomic E-state index is 0.0877. The van der Waals surface area contributed by atoms with Crippen molar-refractivity contribution in [2.75, 3.05) is 6.54 Å². The van der Waals surface area contributed by atoms with Crippen molar-refractivity contribution in [2.24, 2.45) is 11.7 Å². The van der Waals surface area contributed by atoms with Crippen molar-refractivity contribution in [2.45, 2.75) is 43.5 Å². The summed E-state index contributed by atoms with van der Waals surface area (Å²) in [5.74, 6) is 0.210. The predicted molar refractivity (Wildman–Crippen MR) is 81.3 cm³/mol. The molecular formula is C14H21ClN2O2S. The SMILES string of the molecule is Cc1ccc(Cl)c(S(=O)(=O)NC2CCCCC2CN)c1. The third-order valence-corrected chi connectivity index (χ3v) is 5.87. The Labute approximate surface area is 125 Å². The number of sulfonamides is 1. The number of benzene rings is 1. The van der Waals surface area contributed by atoms with Crippen LogP contribution in [0.25, 0.3) is 0 Å². The molecule has 6 heteroatoms. The lowest BCUT2D eigenvalue weighted by Gasteiger charge is -2.31. The van der Waals surface area contributed by atoms with Crippen molar-refractivity contribution >= 4 is 21.6 Å². The van der Waals surface area contributed by atoms with Crippen LogP contribution < -0.4 is 10.5 Å². The van der Waals surface area contributed by atoms with Crippen molar-refractivity contribution < 1.29 is 8.42 Å². The third-order valence-electron chi connectivity index (χ3n) is 3.89. The second-order valence-corrected chi connectivity index (χ2v) is 7.53. The molecule has 112 valence electrons. The number of rotatable bonds is 4. The molecule has 1 fully saturated rings. The first kappa shape index (κ1) is 15.8. The quantitative estimate of drug-likeness (QED) is 0.896. The van der Waals surface area contributed by atoms with Gasteiger partial charge in [-0.25, -0.2) is 13.1 Å². The normalized spacial score (nSPS) is 23.8. The largest absolute Gasteiger partial charge is 0.330 e. The highest BCUT2D eigenvalue weighted by atomic mass is 35.5. The summed E-state index contributed by atoms with van der Waals surface area (Å²) in [5, 5.41) is 0.253. The van der Waals surface area contributed by atoms with Gasteiger partial charge in [-0.05, 0) is 49.9 Å². The zero-order chi connectivity index (χ0) is 14.8. The molecule has 0 radical (unpaired) electrons. The molecule has 1 aliphatic carbocycles. The molecular weight excluding hydrogens is 296 g/mol. The smallest absolute Gasteiger partial charge is 0.242 e. The summed E-state index contributed by atoms with van der Waals surface area (Å²) in [6, 6.07) is 4.93. The summed E-state index contributed by atoms with van der Waals surface area (Å²) in [5.41, 5.74) is 6.61. The number of hydrogen-bond acceptors (Lipinski definition) is 3. The van der Waals surface area contributed by atoms with E-state index in [-0.39, 0.29) is 21.9 Å². The molecule has 0 bridgehead atoms. The van der Waals surface area contributed by atoms with Crippen molar-refractivity contribution in [3.05, 3.63) is 28.8 Å². The summed E-state index contributed by atoms with van der Waals surface area (Å²) >= 11 is 6.02. The monoisotopic (exact) mass is 316 g/mol. The van der Waals surface area contributed by atoms with Crippen LogP contribution in [-0.2, 0) is 10.0 Å². The van der Waals surface area contributed by atoms with Crippen LogP contribution in [0.4, 0.5) is 0 Å². The van der Waals surface area contributed by atoms with Crippen LogP contribution in [0.1, 0.15) is 31.2 Å². The van der Waals surface area contributed by atoms with Gasteiger partial charge >= 0.3 is 0 Å². The predicted octanol–water partition coefficient (Wildman–Crippen LogP) is 2.44. The molecule has 0 heterocycles. The highest BCUT2D eigenvalue weighted by Crippen LogP contribution is 2.27. The molecule has 0 aliphatic heterocycles. The fraction of sp³-hybridized carbons (Fsp3) is 0.571. The minimum atomic E-state index is -3.59. The lowest BCUT2D eigenvalue weighted by atomic mass is 9.85. The molecule has 3 N–H and O–H groups in total. The summed E-state index contributed by atoms with van der Waals surface area (Å²) < 4.78 is 27.8. The van der Waals surface area contributed by atoms with Gasteiger partial charge in [0.15, 0.2) is 0 Å². The first-order valence-corrected chi connectivity index (χ1v) is 8.78. The zero-order valence-corrected chi connectivity index (χ0v) is 13.2. The van der Waals surface area contributed by atoms with E-state index in [1.54, 1.807) is 18.2 Å². The van der Waals surface area contributed by atoms with E-state index in [4.69, 9.17) is 17.3 Å². The van der Waals surface area contributed by atoms with Gasteiger partial charge in [-0.2, -0.15) is 0 Å². The molecule has 0 amide bonds.